The van der Waals surface area contributed by atoms with Crippen molar-refractivity contribution in [3.8, 4) is 23.0 Å². The monoisotopic (exact) mass is 562 g/mol. The summed E-state index contributed by atoms with van der Waals surface area (Å²) >= 11 is 0. The number of halogens is 1. The van der Waals surface area contributed by atoms with Crippen molar-refractivity contribution in [3.05, 3.63) is 82.2 Å². The number of nitrogens with one attached hydrogen (secondary N) is 1. The van der Waals surface area contributed by atoms with E-state index in [1.807, 2.05) is 32.0 Å². The predicted molar refractivity (Wildman–Crippen MR) is 156 cm³/mol. The predicted octanol–water partition coefficient (Wildman–Crippen LogP) is 5.58. The zero-order valence-electron chi connectivity index (χ0n) is 24.5. The largest absolute Gasteiger partial charge is 0.493 e. The Kier molecular flexibility index (Phi) is 8.68. The van der Waals surface area contributed by atoms with Gasteiger partial charge in [0.15, 0.2) is 23.0 Å². The summed E-state index contributed by atoms with van der Waals surface area (Å²) in [6, 6.07) is 14.8. The van der Waals surface area contributed by atoms with Crippen molar-refractivity contribution in [3.63, 3.8) is 0 Å². The maximum Gasteiger partial charge on any atom is 0.234 e. The van der Waals surface area contributed by atoms with Gasteiger partial charge in [-0.3, -0.25) is 9.69 Å². The third-order valence-electron chi connectivity index (χ3n) is 8.00. The number of methoxy groups -OCH3 is 3. The quantitative estimate of drug-likeness (QED) is 0.348. The molecule has 0 aromatic heterocycles. The zero-order chi connectivity index (χ0) is 29.1. The summed E-state index contributed by atoms with van der Waals surface area (Å²) in [7, 11) is 4.91. The Morgan fingerprint density at radius 3 is 2.37 bits per heavy atom. The second kappa shape index (κ2) is 12.4. The van der Waals surface area contributed by atoms with Crippen LogP contribution >= 0.6 is 0 Å². The fourth-order valence-electron chi connectivity index (χ4n) is 6.09. The van der Waals surface area contributed by atoms with E-state index in [4.69, 9.17) is 18.9 Å². The lowest BCUT2D eigenvalue weighted by molar-refractivity contribution is -0.123. The van der Waals surface area contributed by atoms with E-state index >= 15 is 0 Å². The third-order valence-corrected chi connectivity index (χ3v) is 8.00. The van der Waals surface area contributed by atoms with Gasteiger partial charge in [-0.2, -0.15) is 0 Å². The number of carbonyl (C=O) groups is 1. The van der Waals surface area contributed by atoms with Crippen molar-refractivity contribution >= 4 is 5.91 Å². The average Bonchev–Trinajstić information content (AvgIpc) is 3.34. The van der Waals surface area contributed by atoms with Crippen molar-refractivity contribution in [2.75, 3.05) is 34.4 Å². The van der Waals surface area contributed by atoms with Gasteiger partial charge in [0, 0.05) is 12.6 Å². The number of aryl methyl sites for hydroxylation is 1. The van der Waals surface area contributed by atoms with Crippen LogP contribution in [0.25, 0.3) is 0 Å². The zero-order valence-corrected chi connectivity index (χ0v) is 24.5. The maximum absolute atomic E-state index is 13.7. The topological polar surface area (TPSA) is 69.3 Å². The highest BCUT2D eigenvalue weighted by Gasteiger charge is 2.32. The van der Waals surface area contributed by atoms with Gasteiger partial charge in [0.1, 0.15) is 5.82 Å². The fraction of sp³-hybridized carbons (Fsp3) is 0.424. The van der Waals surface area contributed by atoms with Crippen molar-refractivity contribution in [2.24, 2.45) is 0 Å². The molecule has 3 aromatic carbocycles. The molecule has 0 saturated heterocycles. The number of nitrogens with zero attached hydrogens (tertiary/aromatic N) is 1. The first kappa shape index (κ1) is 28.7. The lowest BCUT2D eigenvalue weighted by Gasteiger charge is -2.38. The van der Waals surface area contributed by atoms with Crippen molar-refractivity contribution in [1.29, 1.82) is 0 Å². The van der Waals surface area contributed by atoms with Crippen LogP contribution in [0.3, 0.4) is 0 Å². The van der Waals surface area contributed by atoms with Crippen LogP contribution in [0.2, 0.25) is 0 Å². The molecule has 2 aliphatic rings. The second-order valence-electron chi connectivity index (χ2n) is 11.0. The van der Waals surface area contributed by atoms with Crippen LogP contribution < -0.4 is 24.3 Å². The normalized spacial score (nSPS) is 18.0. The van der Waals surface area contributed by atoms with Crippen molar-refractivity contribution in [2.45, 2.75) is 57.7 Å². The van der Waals surface area contributed by atoms with Crippen LogP contribution in [-0.2, 0) is 24.1 Å². The molecule has 41 heavy (non-hydrogen) atoms. The van der Waals surface area contributed by atoms with Crippen LogP contribution in [0.5, 0.6) is 23.0 Å². The van der Waals surface area contributed by atoms with Crippen LogP contribution in [0.15, 0.2) is 48.5 Å². The molecule has 1 heterocycles. The Morgan fingerprint density at radius 2 is 1.63 bits per heavy atom. The summed E-state index contributed by atoms with van der Waals surface area (Å²) in [6.45, 7) is 4.95. The summed E-state index contributed by atoms with van der Waals surface area (Å²) in [5.41, 5.74) is 5.36. The van der Waals surface area contributed by atoms with Gasteiger partial charge in [0.05, 0.1) is 40.0 Å². The Hall–Kier alpha value is -3.78. The molecule has 2 unspecified atom stereocenters. The standard InChI is InChI=1S/C33H39FN2O5/c1-20(2)41-32-18-26-23(17-31(32)40-5)12-13-36(28(26)14-21-6-11-29(38-3)30(15-21)39-4)19-33(37)35-27-10-7-22-16-24(34)8-9-25(22)27/h6,8-9,11,15-18,20,27-28H,7,10,12-14,19H2,1-5H3,(H,35,37). The summed E-state index contributed by atoms with van der Waals surface area (Å²) in [5, 5.41) is 3.21. The number of fused-ring (bicyclic) bond motifs is 2. The molecule has 0 fully saturated rings. The average molecular weight is 563 g/mol. The summed E-state index contributed by atoms with van der Waals surface area (Å²) < 4.78 is 36.5. The molecular weight excluding hydrogens is 523 g/mol. The smallest absolute Gasteiger partial charge is 0.234 e. The van der Waals surface area contributed by atoms with Gasteiger partial charge in [-0.05, 0) is 104 Å². The minimum Gasteiger partial charge on any atom is -0.493 e. The van der Waals surface area contributed by atoms with Gasteiger partial charge in [0.25, 0.3) is 0 Å². The Bertz CT molecular complexity index is 1410. The van der Waals surface area contributed by atoms with E-state index in [0.717, 1.165) is 48.1 Å². The molecular formula is C33H39FN2O5. The number of ether oxygens (including phenoxy) is 4. The van der Waals surface area contributed by atoms with E-state index in [1.54, 1.807) is 33.5 Å². The van der Waals surface area contributed by atoms with E-state index in [9.17, 15) is 9.18 Å². The Labute approximate surface area is 241 Å². The van der Waals surface area contributed by atoms with Crippen LogP contribution in [-0.4, -0.2) is 51.3 Å². The minimum atomic E-state index is -0.238. The molecule has 3 aromatic rings. The molecule has 0 saturated carbocycles. The van der Waals surface area contributed by atoms with Gasteiger partial charge >= 0.3 is 0 Å². The summed E-state index contributed by atoms with van der Waals surface area (Å²) in [6.07, 6.45) is 2.98. The lowest BCUT2D eigenvalue weighted by atomic mass is 9.88. The lowest BCUT2D eigenvalue weighted by Crippen LogP contribution is -2.44. The van der Waals surface area contributed by atoms with Gasteiger partial charge < -0.3 is 24.3 Å². The Morgan fingerprint density at radius 1 is 0.902 bits per heavy atom. The molecule has 0 spiro atoms. The number of hydrogen-bond donors (Lipinski definition) is 1. The van der Waals surface area contributed by atoms with Gasteiger partial charge in [-0.15, -0.1) is 0 Å². The molecule has 5 rings (SSSR count). The fourth-order valence-corrected chi connectivity index (χ4v) is 6.09. The minimum absolute atomic E-state index is 0.0144. The molecule has 7 nitrogen and oxygen atoms in total. The number of hydrogen-bond acceptors (Lipinski definition) is 6. The number of rotatable bonds is 10. The van der Waals surface area contributed by atoms with Gasteiger partial charge in [-0.1, -0.05) is 12.1 Å². The van der Waals surface area contributed by atoms with Crippen LogP contribution in [0.4, 0.5) is 4.39 Å². The second-order valence-corrected chi connectivity index (χ2v) is 11.0. The summed E-state index contributed by atoms with van der Waals surface area (Å²) in [4.78, 5) is 15.7. The molecule has 1 N–H and O–H groups in total. The molecule has 0 bridgehead atoms. The first-order valence-corrected chi connectivity index (χ1v) is 14.2. The number of carbonyl (C=O) groups excluding carboxylic acids is 1. The maximum atomic E-state index is 13.7. The molecule has 0 radical (unpaired) electrons. The summed E-state index contributed by atoms with van der Waals surface area (Å²) in [5.74, 6) is 2.47. The van der Waals surface area contributed by atoms with Crippen LogP contribution in [0.1, 0.15) is 60.2 Å². The molecule has 1 amide bonds. The van der Waals surface area contributed by atoms with E-state index in [0.29, 0.717) is 29.4 Å². The van der Waals surface area contributed by atoms with E-state index in [2.05, 4.69) is 22.3 Å². The highest BCUT2D eigenvalue weighted by molar-refractivity contribution is 5.79. The Balaban J connectivity index is 1.43. The van der Waals surface area contributed by atoms with E-state index in [-0.39, 0.29) is 36.5 Å². The third kappa shape index (κ3) is 6.27. The molecule has 1 aliphatic carbocycles. The van der Waals surface area contributed by atoms with Gasteiger partial charge in [0.2, 0.25) is 5.91 Å². The van der Waals surface area contributed by atoms with Crippen molar-refractivity contribution in [1.82, 2.24) is 10.2 Å². The molecule has 8 heteroatoms. The highest BCUT2D eigenvalue weighted by Crippen LogP contribution is 2.41. The molecule has 2 atom stereocenters. The number of amides is 1. The number of benzene rings is 3. The van der Waals surface area contributed by atoms with E-state index < -0.39 is 0 Å². The molecule has 1 aliphatic heterocycles. The molecule has 218 valence electrons. The van der Waals surface area contributed by atoms with Crippen molar-refractivity contribution < 1.29 is 28.1 Å². The van der Waals surface area contributed by atoms with Gasteiger partial charge in [-0.25, -0.2) is 4.39 Å². The SMILES string of the molecule is COc1ccc(CC2c3cc(OC(C)C)c(OC)cc3CCN2CC(=O)NC2CCc3cc(F)ccc32)cc1OC. The first-order valence-electron chi connectivity index (χ1n) is 14.2. The first-order chi connectivity index (χ1) is 19.8. The highest BCUT2D eigenvalue weighted by atomic mass is 19.1. The van der Waals surface area contributed by atoms with E-state index in [1.165, 1.54) is 11.6 Å². The van der Waals surface area contributed by atoms with Crippen LogP contribution in [0, 0.1) is 5.82 Å².